The fourth-order valence-electron chi connectivity index (χ4n) is 3.45. The maximum atomic E-state index is 16.3. The van der Waals surface area contributed by atoms with Crippen LogP contribution in [-0.2, 0) is 16.1 Å². The summed E-state index contributed by atoms with van der Waals surface area (Å²) in [6, 6.07) is 16.6. The zero-order valence-electron chi connectivity index (χ0n) is 14.7. The summed E-state index contributed by atoms with van der Waals surface area (Å²) in [5.41, 5.74) is -1.48. The molecule has 1 atom stereocenters. The van der Waals surface area contributed by atoms with E-state index in [1.807, 2.05) is 30.3 Å². The smallest absolute Gasteiger partial charge is 0.176 e. The van der Waals surface area contributed by atoms with Crippen LogP contribution in [0.1, 0.15) is 17.5 Å². The molecule has 2 aromatic carbocycles. The molecule has 27 heavy (non-hydrogen) atoms. The summed E-state index contributed by atoms with van der Waals surface area (Å²) >= 11 is 5.96. The van der Waals surface area contributed by atoms with Crippen LogP contribution >= 0.6 is 11.6 Å². The molecule has 1 N–H and O–H groups in total. The second kappa shape index (κ2) is 7.12. The Bertz CT molecular complexity index is 872. The first kappa shape index (κ1) is 18.2. The van der Waals surface area contributed by atoms with E-state index in [2.05, 4.69) is 0 Å². The number of allylic oxidation sites excluding steroid dienone is 3. The largest absolute Gasteiger partial charge is 0.493 e. The third-order valence-corrected chi connectivity index (χ3v) is 5.37. The molecule has 5 heteroatoms. The molecule has 140 valence electrons. The lowest BCUT2D eigenvalue weighted by Gasteiger charge is -2.49. The van der Waals surface area contributed by atoms with Gasteiger partial charge < -0.3 is 14.6 Å². The number of hydrogen-bond acceptors (Lipinski definition) is 3. The molecule has 0 saturated carbocycles. The van der Waals surface area contributed by atoms with Crippen molar-refractivity contribution in [3.63, 3.8) is 0 Å². The Morgan fingerprint density at radius 2 is 1.74 bits per heavy atom. The van der Waals surface area contributed by atoms with Crippen LogP contribution in [0.4, 0.5) is 4.39 Å². The molecule has 1 aliphatic carbocycles. The first-order valence-electron chi connectivity index (χ1n) is 8.83. The Balaban J connectivity index is 1.63. The van der Waals surface area contributed by atoms with Crippen LogP contribution in [0.2, 0.25) is 5.02 Å². The molecule has 2 aliphatic rings. The highest BCUT2D eigenvalue weighted by atomic mass is 35.5. The van der Waals surface area contributed by atoms with Crippen molar-refractivity contribution in [1.82, 2.24) is 0 Å². The average Bonchev–Trinajstić information content (AvgIpc) is 2.66. The van der Waals surface area contributed by atoms with E-state index in [0.717, 1.165) is 5.56 Å². The number of hydrogen-bond donors (Lipinski definition) is 1. The van der Waals surface area contributed by atoms with E-state index >= 15 is 4.39 Å². The van der Waals surface area contributed by atoms with Crippen LogP contribution in [0.5, 0.6) is 0 Å². The molecule has 0 bridgehead atoms. The predicted octanol–water partition coefficient (Wildman–Crippen LogP) is 4.70. The van der Waals surface area contributed by atoms with Crippen LogP contribution < -0.4 is 0 Å². The van der Waals surface area contributed by atoms with Gasteiger partial charge >= 0.3 is 0 Å². The molecule has 1 saturated heterocycles. The van der Waals surface area contributed by atoms with Crippen molar-refractivity contribution in [2.24, 2.45) is 0 Å². The second-order valence-electron chi connectivity index (χ2n) is 7.00. The molecule has 3 nitrogen and oxygen atoms in total. The van der Waals surface area contributed by atoms with E-state index in [1.165, 1.54) is 0 Å². The standard InChI is InChI=1S/C22H20ClFO3/c23-18-8-6-17(7-9-18)20-11-10-19(27-13-16-4-2-1-3-5-16)12-22(20,24)21(25)14-26-15-21/h1-11,25H,12-15H2. The first-order valence-corrected chi connectivity index (χ1v) is 9.21. The highest BCUT2D eigenvalue weighted by Gasteiger charge is 2.59. The van der Waals surface area contributed by atoms with Gasteiger partial charge in [-0.3, -0.25) is 0 Å². The van der Waals surface area contributed by atoms with Gasteiger partial charge in [0.2, 0.25) is 0 Å². The fraction of sp³-hybridized carbons (Fsp3) is 0.273. The molecule has 2 aromatic rings. The van der Waals surface area contributed by atoms with E-state index in [-0.39, 0.29) is 19.6 Å². The first-order chi connectivity index (χ1) is 13.0. The molecule has 1 aliphatic heterocycles. The molecule has 0 spiro atoms. The number of rotatable bonds is 5. The van der Waals surface area contributed by atoms with Crippen LogP contribution in [0.3, 0.4) is 0 Å². The van der Waals surface area contributed by atoms with Gasteiger partial charge in [0.25, 0.3) is 0 Å². The highest BCUT2D eigenvalue weighted by molar-refractivity contribution is 6.30. The molecule has 1 unspecified atom stereocenters. The van der Waals surface area contributed by atoms with E-state index < -0.39 is 11.3 Å². The Kier molecular flexibility index (Phi) is 4.81. The van der Waals surface area contributed by atoms with Gasteiger partial charge in [0.05, 0.1) is 13.2 Å². The lowest BCUT2D eigenvalue weighted by Crippen LogP contribution is -2.64. The molecule has 0 amide bonds. The van der Waals surface area contributed by atoms with Gasteiger partial charge in [0.15, 0.2) is 5.67 Å². The monoisotopic (exact) mass is 386 g/mol. The molecular weight excluding hydrogens is 367 g/mol. The number of benzene rings is 2. The second-order valence-corrected chi connectivity index (χ2v) is 7.43. The highest BCUT2D eigenvalue weighted by Crippen LogP contribution is 2.49. The van der Waals surface area contributed by atoms with E-state index in [9.17, 15) is 5.11 Å². The average molecular weight is 387 g/mol. The number of ether oxygens (including phenoxy) is 2. The lowest BCUT2D eigenvalue weighted by molar-refractivity contribution is -0.230. The van der Waals surface area contributed by atoms with Crippen LogP contribution in [0.15, 0.2) is 72.5 Å². The van der Waals surface area contributed by atoms with E-state index in [1.54, 1.807) is 36.4 Å². The topological polar surface area (TPSA) is 38.7 Å². The molecule has 0 radical (unpaired) electrons. The van der Waals surface area contributed by atoms with Gasteiger partial charge in [-0.05, 0) is 34.9 Å². The van der Waals surface area contributed by atoms with Crippen LogP contribution in [-0.4, -0.2) is 29.6 Å². The van der Waals surface area contributed by atoms with Gasteiger partial charge in [0.1, 0.15) is 18.0 Å². The van der Waals surface area contributed by atoms with Crippen molar-refractivity contribution in [3.8, 4) is 0 Å². The third-order valence-electron chi connectivity index (χ3n) is 5.12. The van der Waals surface area contributed by atoms with Gasteiger partial charge in [0, 0.05) is 11.4 Å². The van der Waals surface area contributed by atoms with Gasteiger partial charge in [-0.2, -0.15) is 0 Å². The Morgan fingerprint density at radius 3 is 2.37 bits per heavy atom. The summed E-state index contributed by atoms with van der Waals surface area (Å²) in [5, 5.41) is 11.4. The SMILES string of the molecule is OC1(C2(F)CC(OCc3ccccc3)=CC=C2c2ccc(Cl)cc2)COC1. The quantitative estimate of drug-likeness (QED) is 0.809. The van der Waals surface area contributed by atoms with E-state index in [0.29, 0.717) is 28.5 Å². The number of halogens is 2. The summed E-state index contributed by atoms with van der Waals surface area (Å²) in [6.45, 7) is 0.266. The van der Waals surface area contributed by atoms with Crippen LogP contribution in [0, 0.1) is 0 Å². The normalized spacial score (nSPS) is 23.8. The predicted molar refractivity (Wildman–Crippen MR) is 103 cm³/mol. The Morgan fingerprint density at radius 1 is 1.04 bits per heavy atom. The van der Waals surface area contributed by atoms with Gasteiger partial charge in [-0.15, -0.1) is 0 Å². The minimum atomic E-state index is -2.00. The molecule has 4 rings (SSSR count). The van der Waals surface area contributed by atoms with Gasteiger partial charge in [-0.1, -0.05) is 60.1 Å². The summed E-state index contributed by atoms with van der Waals surface area (Å²) in [7, 11) is 0. The van der Waals surface area contributed by atoms with Gasteiger partial charge in [-0.25, -0.2) is 4.39 Å². The lowest BCUT2D eigenvalue weighted by atomic mass is 9.71. The Labute approximate surface area is 162 Å². The molecule has 1 heterocycles. The van der Waals surface area contributed by atoms with Crippen LogP contribution in [0.25, 0.3) is 5.57 Å². The molecule has 0 aromatic heterocycles. The molecular formula is C22H20ClFO3. The van der Waals surface area contributed by atoms with Crippen molar-refractivity contribution in [2.45, 2.75) is 24.3 Å². The minimum absolute atomic E-state index is 0.0413. The summed E-state index contributed by atoms with van der Waals surface area (Å²) in [5.74, 6) is 0.499. The Hall–Kier alpha value is -2.14. The van der Waals surface area contributed by atoms with Crippen molar-refractivity contribution in [1.29, 1.82) is 0 Å². The zero-order chi connectivity index (χ0) is 18.9. The van der Waals surface area contributed by atoms with Crippen molar-refractivity contribution >= 4 is 17.2 Å². The fourth-order valence-corrected chi connectivity index (χ4v) is 3.57. The molecule has 1 fully saturated rings. The number of aliphatic hydroxyl groups is 1. The van der Waals surface area contributed by atoms with Crippen molar-refractivity contribution in [3.05, 3.63) is 88.7 Å². The number of alkyl halides is 1. The van der Waals surface area contributed by atoms with E-state index in [4.69, 9.17) is 21.1 Å². The summed E-state index contributed by atoms with van der Waals surface area (Å²) in [6.07, 6.45) is 3.41. The van der Waals surface area contributed by atoms with Crippen molar-refractivity contribution in [2.75, 3.05) is 13.2 Å². The zero-order valence-corrected chi connectivity index (χ0v) is 15.5. The minimum Gasteiger partial charge on any atom is -0.493 e. The maximum absolute atomic E-state index is 16.3. The summed E-state index contributed by atoms with van der Waals surface area (Å²) < 4.78 is 27.2. The maximum Gasteiger partial charge on any atom is 0.176 e. The summed E-state index contributed by atoms with van der Waals surface area (Å²) in [4.78, 5) is 0. The third kappa shape index (κ3) is 3.41. The van der Waals surface area contributed by atoms with Crippen molar-refractivity contribution < 1.29 is 19.0 Å².